The highest BCUT2D eigenvalue weighted by atomic mass is 16.5. The number of hydrogen-bond acceptors (Lipinski definition) is 6. The third-order valence-electron chi connectivity index (χ3n) is 5.15. The number of carbonyl (C=O) groups is 2. The van der Waals surface area contributed by atoms with Crippen molar-refractivity contribution in [1.29, 1.82) is 0 Å². The highest BCUT2D eigenvalue weighted by Crippen LogP contribution is 2.28. The molecule has 0 bridgehead atoms. The molecule has 0 aromatic heterocycles. The van der Waals surface area contributed by atoms with Crippen molar-refractivity contribution in [3.05, 3.63) is 42.0 Å². The molecule has 1 fully saturated rings. The molecule has 1 saturated heterocycles. The minimum atomic E-state index is -0.444. The number of benzene rings is 2. The van der Waals surface area contributed by atoms with Crippen LogP contribution < -0.4 is 30.3 Å². The van der Waals surface area contributed by atoms with Crippen LogP contribution in [0.25, 0.3) is 0 Å². The monoisotopic (exact) mass is 442 g/mol. The fraction of sp³-hybridized carbons (Fsp3) is 0.391. The number of carbonyl (C=O) groups excluding carboxylic acids is 2. The summed E-state index contributed by atoms with van der Waals surface area (Å²) in [5, 5.41) is 8.42. The van der Waals surface area contributed by atoms with E-state index in [4.69, 9.17) is 14.2 Å². The first-order valence-corrected chi connectivity index (χ1v) is 10.5. The molecule has 9 heteroatoms. The Morgan fingerprint density at radius 1 is 0.906 bits per heavy atom. The fourth-order valence-electron chi connectivity index (χ4n) is 3.56. The third-order valence-corrected chi connectivity index (χ3v) is 5.15. The molecule has 0 spiro atoms. The van der Waals surface area contributed by atoms with Crippen LogP contribution in [0.5, 0.6) is 11.5 Å². The van der Waals surface area contributed by atoms with Gasteiger partial charge in [-0.15, -0.1) is 0 Å². The molecule has 0 radical (unpaired) electrons. The van der Waals surface area contributed by atoms with E-state index >= 15 is 0 Å². The van der Waals surface area contributed by atoms with E-state index in [0.717, 1.165) is 31.6 Å². The van der Waals surface area contributed by atoms with Gasteiger partial charge in [-0.2, -0.15) is 0 Å². The second-order valence-corrected chi connectivity index (χ2v) is 7.36. The molecular weight excluding hydrogens is 412 g/mol. The molecule has 32 heavy (non-hydrogen) atoms. The number of hydrogen-bond donors (Lipinski definition) is 3. The van der Waals surface area contributed by atoms with Gasteiger partial charge in [-0.05, 0) is 31.0 Å². The van der Waals surface area contributed by atoms with Crippen molar-refractivity contribution in [2.24, 2.45) is 0 Å². The van der Waals surface area contributed by atoms with Crippen molar-refractivity contribution in [3.63, 3.8) is 0 Å². The lowest BCUT2D eigenvalue weighted by Gasteiger charge is -2.22. The lowest BCUT2D eigenvalue weighted by molar-refractivity contribution is 0.0937. The van der Waals surface area contributed by atoms with Crippen LogP contribution in [0.2, 0.25) is 0 Å². The van der Waals surface area contributed by atoms with Crippen LogP contribution in [-0.2, 0) is 4.74 Å². The molecule has 0 saturated carbocycles. The fourth-order valence-corrected chi connectivity index (χ4v) is 3.56. The van der Waals surface area contributed by atoms with Crippen LogP contribution in [0.4, 0.5) is 21.9 Å². The maximum Gasteiger partial charge on any atom is 0.323 e. The maximum absolute atomic E-state index is 12.8. The number of anilines is 3. The number of urea groups is 1. The van der Waals surface area contributed by atoms with Crippen molar-refractivity contribution < 1.29 is 23.8 Å². The third kappa shape index (κ3) is 6.04. The molecule has 2 aromatic rings. The van der Waals surface area contributed by atoms with Crippen molar-refractivity contribution >= 4 is 29.0 Å². The number of ether oxygens (including phenoxy) is 3. The number of nitrogens with one attached hydrogen (secondary N) is 3. The standard InChI is InChI=1S/C23H30N4O5/c1-30-11-8-24-22(28)20-14-16(6-7-21(20)27-9-4-5-10-27)25-23(29)26-17-12-18(31-2)15-19(13-17)32-3/h6-7,12-15H,4-5,8-11H2,1-3H3,(H,24,28)(H2,25,26,29). The van der Waals surface area contributed by atoms with Gasteiger partial charge >= 0.3 is 6.03 Å². The topological polar surface area (TPSA) is 101 Å². The lowest BCUT2D eigenvalue weighted by Crippen LogP contribution is -2.30. The predicted octanol–water partition coefficient (Wildman–Crippen LogP) is 3.32. The van der Waals surface area contributed by atoms with E-state index in [1.807, 2.05) is 6.07 Å². The average molecular weight is 443 g/mol. The molecule has 2 aromatic carbocycles. The Morgan fingerprint density at radius 2 is 1.56 bits per heavy atom. The van der Waals surface area contributed by atoms with Gasteiger partial charge in [0, 0.05) is 62.0 Å². The zero-order chi connectivity index (χ0) is 22.9. The van der Waals surface area contributed by atoms with E-state index in [1.165, 1.54) is 0 Å². The first-order chi connectivity index (χ1) is 15.5. The molecule has 1 aliphatic rings. The normalized spacial score (nSPS) is 12.9. The maximum atomic E-state index is 12.8. The van der Waals surface area contributed by atoms with Gasteiger partial charge in [0.05, 0.1) is 26.4 Å². The summed E-state index contributed by atoms with van der Waals surface area (Å²) in [7, 11) is 4.67. The Morgan fingerprint density at radius 3 is 2.19 bits per heavy atom. The molecule has 0 aliphatic carbocycles. The molecule has 1 heterocycles. The van der Waals surface area contributed by atoms with Crippen molar-refractivity contribution in [3.8, 4) is 11.5 Å². The Balaban J connectivity index is 1.76. The van der Waals surface area contributed by atoms with Crippen LogP contribution in [0.3, 0.4) is 0 Å². The zero-order valence-corrected chi connectivity index (χ0v) is 18.7. The van der Waals surface area contributed by atoms with E-state index in [1.54, 1.807) is 51.7 Å². The van der Waals surface area contributed by atoms with Gasteiger partial charge in [-0.1, -0.05) is 0 Å². The summed E-state index contributed by atoms with van der Waals surface area (Å²) in [6.07, 6.45) is 2.19. The zero-order valence-electron chi connectivity index (χ0n) is 18.7. The minimum absolute atomic E-state index is 0.203. The van der Waals surface area contributed by atoms with Crippen molar-refractivity contribution in [2.75, 3.05) is 63.1 Å². The predicted molar refractivity (Wildman–Crippen MR) is 124 cm³/mol. The minimum Gasteiger partial charge on any atom is -0.497 e. The molecule has 0 unspecified atom stereocenters. The van der Waals surface area contributed by atoms with Crippen LogP contribution in [-0.4, -0.2) is 59.5 Å². The van der Waals surface area contributed by atoms with Gasteiger partial charge in [-0.3, -0.25) is 4.79 Å². The SMILES string of the molecule is COCCNC(=O)c1cc(NC(=O)Nc2cc(OC)cc(OC)c2)ccc1N1CCCC1. The Hall–Kier alpha value is -3.46. The Bertz CT molecular complexity index is 922. The van der Waals surface area contributed by atoms with E-state index < -0.39 is 6.03 Å². The second kappa shape index (κ2) is 11.2. The summed E-state index contributed by atoms with van der Waals surface area (Å²) in [6.45, 7) is 2.65. The summed E-state index contributed by atoms with van der Waals surface area (Å²) in [4.78, 5) is 27.6. The molecule has 3 rings (SSSR count). The second-order valence-electron chi connectivity index (χ2n) is 7.36. The molecule has 1 aliphatic heterocycles. The quantitative estimate of drug-likeness (QED) is 0.515. The first-order valence-electron chi connectivity index (χ1n) is 10.5. The summed E-state index contributed by atoms with van der Waals surface area (Å²) in [5.74, 6) is 0.916. The Kier molecular flexibility index (Phi) is 8.15. The van der Waals surface area contributed by atoms with Crippen molar-refractivity contribution in [2.45, 2.75) is 12.8 Å². The molecule has 3 N–H and O–H groups in total. The number of rotatable bonds is 9. The number of nitrogens with zero attached hydrogens (tertiary/aromatic N) is 1. The lowest BCUT2D eigenvalue weighted by atomic mass is 10.1. The molecular formula is C23H30N4O5. The smallest absolute Gasteiger partial charge is 0.323 e. The van der Waals surface area contributed by atoms with Gasteiger partial charge in [0.25, 0.3) is 5.91 Å². The molecule has 9 nitrogen and oxygen atoms in total. The average Bonchev–Trinajstić information content (AvgIpc) is 3.33. The van der Waals surface area contributed by atoms with Gasteiger partial charge < -0.3 is 35.1 Å². The summed E-state index contributed by atoms with van der Waals surface area (Å²) < 4.78 is 15.5. The highest BCUT2D eigenvalue weighted by molar-refractivity contribution is 6.04. The number of methoxy groups -OCH3 is 3. The van der Waals surface area contributed by atoms with Gasteiger partial charge in [0.1, 0.15) is 11.5 Å². The summed E-state index contributed by atoms with van der Waals surface area (Å²) in [6, 6.07) is 10.0. The molecule has 3 amide bonds. The largest absolute Gasteiger partial charge is 0.497 e. The van der Waals surface area contributed by atoms with Gasteiger partial charge in [0.15, 0.2) is 0 Å². The van der Waals surface area contributed by atoms with Crippen LogP contribution in [0.1, 0.15) is 23.2 Å². The molecule has 0 atom stereocenters. The van der Waals surface area contributed by atoms with Crippen LogP contribution in [0.15, 0.2) is 36.4 Å². The Labute approximate surface area is 188 Å². The molecule has 172 valence electrons. The highest BCUT2D eigenvalue weighted by Gasteiger charge is 2.20. The van der Waals surface area contributed by atoms with Gasteiger partial charge in [0.2, 0.25) is 0 Å². The van der Waals surface area contributed by atoms with E-state index in [2.05, 4.69) is 20.9 Å². The van der Waals surface area contributed by atoms with Crippen LogP contribution in [0, 0.1) is 0 Å². The first kappa shape index (κ1) is 23.2. The van der Waals surface area contributed by atoms with E-state index in [-0.39, 0.29) is 5.91 Å². The summed E-state index contributed by atoms with van der Waals surface area (Å²) >= 11 is 0. The van der Waals surface area contributed by atoms with E-state index in [0.29, 0.717) is 41.6 Å². The summed E-state index contributed by atoms with van der Waals surface area (Å²) in [5.41, 5.74) is 2.41. The van der Waals surface area contributed by atoms with Crippen LogP contribution >= 0.6 is 0 Å². The number of amides is 3. The van der Waals surface area contributed by atoms with E-state index in [9.17, 15) is 9.59 Å². The van der Waals surface area contributed by atoms with Gasteiger partial charge in [-0.25, -0.2) is 4.79 Å². The van der Waals surface area contributed by atoms with Crippen molar-refractivity contribution in [1.82, 2.24) is 5.32 Å².